The van der Waals surface area contributed by atoms with Crippen LogP contribution in [0.1, 0.15) is 13.8 Å². The van der Waals surface area contributed by atoms with E-state index in [0.29, 0.717) is 0 Å². The molecule has 2 rings (SSSR count). The molecule has 0 aromatic heterocycles. The number of ether oxygens (including phenoxy) is 4. The summed E-state index contributed by atoms with van der Waals surface area (Å²) in [4.78, 5) is 0. The van der Waals surface area contributed by atoms with Gasteiger partial charge in [0.2, 0.25) is 0 Å². The van der Waals surface area contributed by atoms with E-state index < -0.39 is 37.5 Å². The van der Waals surface area contributed by atoms with Crippen LogP contribution < -0.4 is 0 Å². The van der Waals surface area contributed by atoms with Crippen LogP contribution >= 0.6 is 7.60 Å². The first-order chi connectivity index (χ1) is 8.87. The minimum atomic E-state index is -3.31. The molecule has 2 aliphatic rings. The Morgan fingerprint density at radius 2 is 1.68 bits per heavy atom. The quantitative estimate of drug-likeness (QED) is 0.725. The minimum Gasteiger partial charge on any atom is -0.353 e. The zero-order valence-corrected chi connectivity index (χ0v) is 12.7. The fourth-order valence-corrected chi connectivity index (χ4v) is 4.08. The van der Waals surface area contributed by atoms with E-state index in [1.54, 1.807) is 13.8 Å². The number of hydrogen-bond acceptors (Lipinski definition) is 7. The standard InChI is InChI=1S/C11H21O7P/c1-11(2)17-8-7(19(12,14-4)15-5)6-16-10(13-3)9(8)18-11/h7-10H,6H2,1-5H3/t7-,8-,9-,10-/m1/s1. The summed E-state index contributed by atoms with van der Waals surface area (Å²) >= 11 is 0. The van der Waals surface area contributed by atoms with Crippen molar-refractivity contribution >= 4 is 7.60 Å². The second kappa shape index (κ2) is 5.41. The average Bonchev–Trinajstić information content (AvgIpc) is 2.71. The second-order valence-corrected chi connectivity index (χ2v) is 7.45. The Morgan fingerprint density at radius 3 is 2.21 bits per heavy atom. The summed E-state index contributed by atoms with van der Waals surface area (Å²) in [5.74, 6) is -0.787. The van der Waals surface area contributed by atoms with Gasteiger partial charge in [-0.25, -0.2) is 0 Å². The highest BCUT2D eigenvalue weighted by atomic mass is 31.2. The van der Waals surface area contributed by atoms with Gasteiger partial charge in [-0.15, -0.1) is 0 Å². The molecular weight excluding hydrogens is 275 g/mol. The molecular formula is C11H21O7P. The maximum atomic E-state index is 12.6. The third-order valence-electron chi connectivity index (χ3n) is 3.39. The Hall–Kier alpha value is -0.0100. The molecule has 0 aromatic rings. The van der Waals surface area contributed by atoms with Crippen molar-refractivity contribution < 1.29 is 32.6 Å². The van der Waals surface area contributed by atoms with Crippen LogP contribution in [0.4, 0.5) is 0 Å². The summed E-state index contributed by atoms with van der Waals surface area (Å²) in [6.45, 7) is 3.75. The molecule has 0 saturated carbocycles. The Labute approximate surface area is 113 Å². The Bertz CT molecular complexity index is 364. The molecule has 2 saturated heterocycles. The van der Waals surface area contributed by atoms with Crippen molar-refractivity contribution in [3.05, 3.63) is 0 Å². The van der Waals surface area contributed by atoms with E-state index in [4.69, 9.17) is 28.0 Å². The van der Waals surface area contributed by atoms with Crippen molar-refractivity contribution in [1.29, 1.82) is 0 Å². The van der Waals surface area contributed by atoms with Gasteiger partial charge in [0.05, 0.1) is 6.61 Å². The third kappa shape index (κ3) is 2.74. The first-order valence-corrected chi connectivity index (χ1v) is 7.69. The van der Waals surface area contributed by atoms with E-state index in [9.17, 15) is 4.57 Å². The lowest BCUT2D eigenvalue weighted by Gasteiger charge is -2.37. The van der Waals surface area contributed by atoms with Crippen LogP contribution in [-0.4, -0.2) is 57.9 Å². The van der Waals surface area contributed by atoms with Crippen molar-refractivity contribution in [2.75, 3.05) is 27.9 Å². The average molecular weight is 296 g/mol. The number of rotatable bonds is 4. The van der Waals surface area contributed by atoms with Gasteiger partial charge in [-0.2, -0.15) is 0 Å². The van der Waals surface area contributed by atoms with Crippen LogP contribution in [0.25, 0.3) is 0 Å². The molecule has 0 unspecified atom stereocenters. The summed E-state index contributed by atoms with van der Waals surface area (Å²) in [5.41, 5.74) is -0.541. The SMILES string of the molecule is CO[C@@H]1OC[C@@H](P(=O)(OC)OC)[C@H]2OC(C)(C)O[C@@H]12. The van der Waals surface area contributed by atoms with Crippen LogP contribution in [0.5, 0.6) is 0 Å². The summed E-state index contributed by atoms with van der Waals surface area (Å²) < 4.78 is 45.0. The predicted octanol–water partition coefficient (Wildman–Crippen LogP) is 1.36. The molecule has 2 aliphatic heterocycles. The smallest absolute Gasteiger partial charge is 0.338 e. The lowest BCUT2D eigenvalue weighted by atomic mass is 10.1. The van der Waals surface area contributed by atoms with Crippen molar-refractivity contribution in [3.63, 3.8) is 0 Å². The highest BCUT2D eigenvalue weighted by Crippen LogP contribution is 2.57. The fourth-order valence-electron chi connectivity index (χ4n) is 2.53. The van der Waals surface area contributed by atoms with Crippen molar-refractivity contribution in [1.82, 2.24) is 0 Å². The van der Waals surface area contributed by atoms with Gasteiger partial charge >= 0.3 is 7.60 Å². The number of methoxy groups -OCH3 is 1. The second-order valence-electron chi connectivity index (χ2n) is 4.97. The predicted molar refractivity (Wildman–Crippen MR) is 66.0 cm³/mol. The van der Waals surface area contributed by atoms with Crippen LogP contribution in [0, 0.1) is 0 Å². The van der Waals surface area contributed by atoms with Crippen molar-refractivity contribution in [2.24, 2.45) is 0 Å². The topological polar surface area (TPSA) is 72.5 Å². The molecule has 8 heteroatoms. The Morgan fingerprint density at radius 1 is 1.11 bits per heavy atom. The monoisotopic (exact) mass is 296 g/mol. The first-order valence-electron chi connectivity index (χ1n) is 6.08. The zero-order chi connectivity index (χ0) is 14.3. The molecule has 19 heavy (non-hydrogen) atoms. The molecule has 0 aromatic carbocycles. The van der Waals surface area contributed by atoms with Crippen LogP contribution in [0.15, 0.2) is 0 Å². The van der Waals surface area contributed by atoms with Gasteiger partial charge in [-0.3, -0.25) is 4.57 Å². The lowest BCUT2D eigenvalue weighted by molar-refractivity contribution is -0.219. The van der Waals surface area contributed by atoms with Crippen molar-refractivity contribution in [3.8, 4) is 0 Å². The van der Waals surface area contributed by atoms with Gasteiger partial charge in [0, 0.05) is 21.3 Å². The molecule has 4 atom stereocenters. The summed E-state index contributed by atoms with van der Waals surface area (Å²) in [6.07, 6.45) is -1.47. The third-order valence-corrected chi connectivity index (χ3v) is 5.66. The van der Waals surface area contributed by atoms with Gasteiger partial charge in [-0.05, 0) is 13.8 Å². The van der Waals surface area contributed by atoms with E-state index in [0.717, 1.165) is 0 Å². The van der Waals surface area contributed by atoms with Crippen LogP contribution in [0.2, 0.25) is 0 Å². The maximum absolute atomic E-state index is 12.6. The van der Waals surface area contributed by atoms with Gasteiger partial charge in [-0.1, -0.05) is 0 Å². The van der Waals surface area contributed by atoms with Crippen LogP contribution in [-0.2, 0) is 32.6 Å². The molecule has 0 radical (unpaired) electrons. The fraction of sp³-hybridized carbons (Fsp3) is 1.00. The van der Waals surface area contributed by atoms with E-state index >= 15 is 0 Å². The highest BCUT2D eigenvalue weighted by molar-refractivity contribution is 7.54. The lowest BCUT2D eigenvalue weighted by Crippen LogP contribution is -2.51. The summed E-state index contributed by atoms with van der Waals surface area (Å²) in [7, 11) is 0.925. The summed E-state index contributed by atoms with van der Waals surface area (Å²) in [5, 5.41) is 0. The molecule has 2 heterocycles. The molecule has 0 amide bonds. The minimum absolute atomic E-state index is 0.165. The van der Waals surface area contributed by atoms with Crippen molar-refractivity contribution in [2.45, 2.75) is 43.8 Å². The van der Waals surface area contributed by atoms with Gasteiger partial charge in [0.1, 0.15) is 17.9 Å². The molecule has 0 spiro atoms. The molecule has 0 bridgehead atoms. The molecule has 0 aliphatic carbocycles. The van der Waals surface area contributed by atoms with Gasteiger partial charge < -0.3 is 28.0 Å². The largest absolute Gasteiger partial charge is 0.353 e. The van der Waals surface area contributed by atoms with Gasteiger partial charge in [0.25, 0.3) is 0 Å². The maximum Gasteiger partial charge on any atom is 0.338 e. The molecule has 112 valence electrons. The van der Waals surface area contributed by atoms with E-state index in [-0.39, 0.29) is 6.61 Å². The Kier molecular flexibility index (Phi) is 4.38. The van der Waals surface area contributed by atoms with E-state index in [2.05, 4.69) is 0 Å². The molecule has 0 N–H and O–H groups in total. The number of hydrogen-bond donors (Lipinski definition) is 0. The van der Waals surface area contributed by atoms with Crippen LogP contribution in [0.3, 0.4) is 0 Å². The molecule has 2 fully saturated rings. The highest BCUT2D eigenvalue weighted by Gasteiger charge is 2.57. The Balaban J connectivity index is 2.27. The normalized spacial score (nSPS) is 38.2. The van der Waals surface area contributed by atoms with Gasteiger partial charge in [0.15, 0.2) is 12.1 Å². The first kappa shape index (κ1) is 15.4. The van der Waals surface area contributed by atoms with E-state index in [1.807, 2.05) is 0 Å². The number of fused-ring (bicyclic) bond motifs is 1. The zero-order valence-electron chi connectivity index (χ0n) is 11.8. The molecule has 7 nitrogen and oxygen atoms in total. The van der Waals surface area contributed by atoms with E-state index in [1.165, 1.54) is 21.3 Å². The summed E-state index contributed by atoms with van der Waals surface area (Å²) in [6, 6.07) is 0.